The Labute approximate surface area is 117 Å². The molecule has 106 valence electrons. The summed E-state index contributed by atoms with van der Waals surface area (Å²) in [5, 5.41) is 10.4. The molecular formula is C15H15FO3S. The minimum Gasteiger partial charge on any atom is -0.384 e. The molecule has 0 aliphatic rings. The quantitative estimate of drug-likeness (QED) is 0.942. The molecule has 1 unspecified atom stereocenters. The minimum absolute atomic E-state index is 0.155. The molecule has 0 heterocycles. The summed E-state index contributed by atoms with van der Waals surface area (Å²) < 4.78 is 37.4. The smallest absolute Gasteiger partial charge is 0.181 e. The largest absolute Gasteiger partial charge is 0.384 e. The third-order valence-corrected chi connectivity index (χ3v) is 4.97. The van der Waals surface area contributed by atoms with E-state index in [2.05, 4.69) is 0 Å². The molecule has 0 radical (unpaired) electrons. The first-order valence-electron chi connectivity index (χ1n) is 6.07. The Kier molecular flexibility index (Phi) is 3.92. The topological polar surface area (TPSA) is 54.4 Å². The van der Waals surface area contributed by atoms with Crippen molar-refractivity contribution in [1.82, 2.24) is 0 Å². The normalized spacial score (nSPS) is 14.8. The predicted molar refractivity (Wildman–Crippen MR) is 74.5 cm³/mol. The minimum atomic E-state index is -3.62. The van der Waals surface area contributed by atoms with E-state index >= 15 is 0 Å². The van der Waals surface area contributed by atoms with Crippen LogP contribution < -0.4 is 0 Å². The Morgan fingerprint density at radius 3 is 2.15 bits per heavy atom. The first kappa shape index (κ1) is 14.7. The van der Waals surface area contributed by atoms with Gasteiger partial charge in [-0.05, 0) is 36.8 Å². The van der Waals surface area contributed by atoms with Gasteiger partial charge < -0.3 is 5.11 Å². The molecule has 2 rings (SSSR count). The number of rotatable bonds is 4. The first-order chi connectivity index (χ1) is 9.31. The molecule has 1 N–H and O–H groups in total. The van der Waals surface area contributed by atoms with Crippen LogP contribution >= 0.6 is 0 Å². The molecule has 3 nitrogen and oxygen atoms in total. The molecule has 0 aliphatic heterocycles. The molecule has 20 heavy (non-hydrogen) atoms. The lowest BCUT2D eigenvalue weighted by Gasteiger charge is -2.23. The molecule has 1 atom stereocenters. The van der Waals surface area contributed by atoms with Crippen LogP contribution in [0.15, 0.2) is 59.5 Å². The number of benzene rings is 2. The zero-order chi connectivity index (χ0) is 14.8. The first-order valence-corrected chi connectivity index (χ1v) is 7.73. The third-order valence-electron chi connectivity index (χ3n) is 3.04. The van der Waals surface area contributed by atoms with Crippen molar-refractivity contribution in [3.63, 3.8) is 0 Å². The van der Waals surface area contributed by atoms with Crippen molar-refractivity contribution >= 4 is 9.84 Å². The fourth-order valence-corrected chi connectivity index (χ4v) is 3.62. The molecule has 2 aromatic rings. The summed E-state index contributed by atoms with van der Waals surface area (Å²) in [7, 11) is -3.62. The lowest BCUT2D eigenvalue weighted by molar-refractivity contribution is 0.0819. The Hall–Kier alpha value is -1.72. The van der Waals surface area contributed by atoms with Crippen LogP contribution in [-0.4, -0.2) is 19.3 Å². The number of halogens is 1. The zero-order valence-electron chi connectivity index (χ0n) is 11.0. The van der Waals surface area contributed by atoms with Gasteiger partial charge in [-0.3, -0.25) is 0 Å². The van der Waals surface area contributed by atoms with Crippen molar-refractivity contribution in [2.24, 2.45) is 0 Å². The SMILES string of the molecule is CC(O)(CS(=O)(=O)c1ccccc1)c1ccc(F)cc1. The van der Waals surface area contributed by atoms with Crippen LogP contribution in [0.3, 0.4) is 0 Å². The van der Waals surface area contributed by atoms with E-state index in [4.69, 9.17) is 0 Å². The van der Waals surface area contributed by atoms with E-state index in [0.717, 1.165) is 0 Å². The van der Waals surface area contributed by atoms with Crippen molar-refractivity contribution in [3.05, 3.63) is 66.0 Å². The van der Waals surface area contributed by atoms with Crippen LogP contribution in [0.2, 0.25) is 0 Å². The van der Waals surface area contributed by atoms with Gasteiger partial charge in [0.25, 0.3) is 0 Å². The highest BCUT2D eigenvalue weighted by atomic mass is 32.2. The molecule has 0 aliphatic carbocycles. The standard InChI is InChI=1S/C15H15FO3S/c1-15(17,12-7-9-13(16)10-8-12)11-20(18,19)14-5-3-2-4-6-14/h2-10,17H,11H2,1H3. The maximum absolute atomic E-state index is 12.9. The molecule has 2 aromatic carbocycles. The molecule has 0 fully saturated rings. The van der Waals surface area contributed by atoms with E-state index in [-0.39, 0.29) is 4.90 Å². The second kappa shape index (κ2) is 5.34. The summed E-state index contributed by atoms with van der Waals surface area (Å²) in [5.74, 6) is -0.897. The van der Waals surface area contributed by atoms with Crippen LogP contribution in [0.1, 0.15) is 12.5 Å². The van der Waals surface area contributed by atoms with Gasteiger partial charge in [-0.2, -0.15) is 0 Å². The summed E-state index contributed by atoms with van der Waals surface area (Å²) >= 11 is 0. The van der Waals surface area contributed by atoms with Crippen molar-refractivity contribution in [2.75, 3.05) is 5.75 Å². The maximum Gasteiger partial charge on any atom is 0.181 e. The van der Waals surface area contributed by atoms with E-state index in [9.17, 15) is 17.9 Å². The maximum atomic E-state index is 12.9. The molecular weight excluding hydrogens is 279 g/mol. The fraction of sp³-hybridized carbons (Fsp3) is 0.200. The van der Waals surface area contributed by atoms with E-state index in [1.54, 1.807) is 18.2 Å². The highest BCUT2D eigenvalue weighted by molar-refractivity contribution is 7.91. The Morgan fingerprint density at radius 2 is 1.60 bits per heavy atom. The molecule has 0 spiro atoms. The van der Waals surface area contributed by atoms with Crippen LogP contribution in [0, 0.1) is 5.82 Å². The van der Waals surface area contributed by atoms with Crippen LogP contribution in [0.4, 0.5) is 4.39 Å². The van der Waals surface area contributed by atoms with E-state index < -0.39 is 27.0 Å². The summed E-state index contributed by atoms with van der Waals surface area (Å²) in [4.78, 5) is 0.155. The second-order valence-corrected chi connectivity index (χ2v) is 6.84. The molecule has 0 aromatic heterocycles. The molecule has 0 saturated heterocycles. The summed E-state index contributed by atoms with van der Waals surface area (Å²) in [6, 6.07) is 13.1. The van der Waals surface area contributed by atoms with Gasteiger partial charge in [-0.25, -0.2) is 12.8 Å². The summed E-state index contributed by atoms with van der Waals surface area (Å²) in [6.45, 7) is 1.40. The third kappa shape index (κ3) is 3.23. The van der Waals surface area contributed by atoms with Crippen molar-refractivity contribution in [3.8, 4) is 0 Å². The number of aliphatic hydroxyl groups is 1. The van der Waals surface area contributed by atoms with E-state index in [0.29, 0.717) is 5.56 Å². The van der Waals surface area contributed by atoms with Gasteiger partial charge in [0.1, 0.15) is 11.4 Å². The van der Waals surface area contributed by atoms with Gasteiger partial charge in [-0.1, -0.05) is 30.3 Å². The molecule has 0 bridgehead atoms. The predicted octanol–water partition coefficient (Wildman–Crippen LogP) is 2.51. The highest BCUT2D eigenvalue weighted by Crippen LogP contribution is 2.25. The van der Waals surface area contributed by atoms with Crippen molar-refractivity contribution in [1.29, 1.82) is 0 Å². The van der Waals surface area contributed by atoms with Crippen LogP contribution in [0.25, 0.3) is 0 Å². The Bertz CT molecular complexity index is 677. The van der Waals surface area contributed by atoms with Gasteiger partial charge in [0.2, 0.25) is 0 Å². The summed E-state index contributed by atoms with van der Waals surface area (Å²) in [5.41, 5.74) is -1.22. The second-order valence-electron chi connectivity index (χ2n) is 4.85. The number of hydrogen-bond donors (Lipinski definition) is 1. The average molecular weight is 294 g/mol. The van der Waals surface area contributed by atoms with Crippen LogP contribution in [-0.2, 0) is 15.4 Å². The van der Waals surface area contributed by atoms with Crippen molar-refractivity contribution < 1.29 is 17.9 Å². The Balaban J connectivity index is 2.30. The molecule has 0 amide bonds. The van der Waals surface area contributed by atoms with Gasteiger partial charge in [0.15, 0.2) is 9.84 Å². The van der Waals surface area contributed by atoms with Gasteiger partial charge >= 0.3 is 0 Å². The van der Waals surface area contributed by atoms with Gasteiger partial charge in [-0.15, -0.1) is 0 Å². The zero-order valence-corrected chi connectivity index (χ0v) is 11.8. The molecule has 0 saturated carbocycles. The van der Waals surface area contributed by atoms with Crippen LogP contribution in [0.5, 0.6) is 0 Å². The van der Waals surface area contributed by atoms with Gasteiger partial charge in [0.05, 0.1) is 10.6 Å². The highest BCUT2D eigenvalue weighted by Gasteiger charge is 2.31. The molecule has 5 heteroatoms. The lowest BCUT2D eigenvalue weighted by atomic mass is 9.98. The number of sulfone groups is 1. The van der Waals surface area contributed by atoms with E-state index in [1.165, 1.54) is 43.3 Å². The number of hydrogen-bond acceptors (Lipinski definition) is 3. The van der Waals surface area contributed by atoms with Crippen molar-refractivity contribution in [2.45, 2.75) is 17.4 Å². The fourth-order valence-electron chi connectivity index (χ4n) is 1.97. The Morgan fingerprint density at radius 1 is 1.05 bits per heavy atom. The van der Waals surface area contributed by atoms with E-state index in [1.807, 2.05) is 0 Å². The average Bonchev–Trinajstić information content (AvgIpc) is 2.39. The monoisotopic (exact) mass is 294 g/mol. The summed E-state index contributed by atoms with van der Waals surface area (Å²) in [6.07, 6.45) is 0. The van der Waals surface area contributed by atoms with Gasteiger partial charge in [0, 0.05) is 0 Å². The lowest BCUT2D eigenvalue weighted by Crippen LogP contribution is -2.31.